The van der Waals surface area contributed by atoms with Crippen LogP contribution < -0.4 is 11.1 Å². The van der Waals surface area contributed by atoms with Gasteiger partial charge in [-0.3, -0.25) is 9.59 Å². The molecule has 34 heavy (non-hydrogen) atoms. The summed E-state index contributed by atoms with van der Waals surface area (Å²) in [5.41, 5.74) is 8.88. The lowest BCUT2D eigenvalue weighted by Gasteiger charge is -2.22. The van der Waals surface area contributed by atoms with Crippen LogP contribution in [-0.2, 0) is 15.0 Å². The Kier molecular flexibility index (Phi) is 11.4. The zero-order chi connectivity index (χ0) is 25.9. The minimum Gasteiger partial charge on any atom is -0.516 e. The predicted octanol–water partition coefficient (Wildman–Crippen LogP) is 6.12. The van der Waals surface area contributed by atoms with Gasteiger partial charge in [-0.05, 0) is 70.5 Å². The zero-order valence-electron chi connectivity index (χ0n) is 20.8. The molecular weight excluding hydrogens is 444 g/mol. The van der Waals surface area contributed by atoms with E-state index in [1.807, 2.05) is 13.0 Å². The maximum atomic E-state index is 11.9. The predicted molar refractivity (Wildman–Crippen MR) is 146 cm³/mol. The highest BCUT2D eigenvalue weighted by Crippen LogP contribution is 2.34. The summed E-state index contributed by atoms with van der Waals surface area (Å²) in [6.07, 6.45) is 2.81. The molecule has 4 N–H and O–H groups in total. The van der Waals surface area contributed by atoms with E-state index >= 15 is 0 Å². The molecule has 0 fully saturated rings. The second kappa shape index (κ2) is 13.5. The van der Waals surface area contributed by atoms with Crippen LogP contribution >= 0.6 is 12.6 Å². The van der Waals surface area contributed by atoms with E-state index in [1.165, 1.54) is 22.1 Å². The van der Waals surface area contributed by atoms with Crippen LogP contribution in [0.3, 0.4) is 0 Å². The fraction of sp³-hybridized carbons (Fsp3) is 0.286. The van der Waals surface area contributed by atoms with Crippen molar-refractivity contribution in [3.05, 3.63) is 78.1 Å². The summed E-state index contributed by atoms with van der Waals surface area (Å²) in [4.78, 5) is 21.5. The van der Waals surface area contributed by atoms with Gasteiger partial charge in [0, 0.05) is 11.9 Å². The molecule has 0 spiro atoms. The molecule has 3 rings (SSSR count). The highest BCUT2D eigenvalue weighted by Gasteiger charge is 2.18. The van der Waals surface area contributed by atoms with E-state index in [1.54, 1.807) is 20.0 Å². The Morgan fingerprint density at radius 2 is 1.53 bits per heavy atom. The highest BCUT2D eigenvalue weighted by atomic mass is 32.1. The van der Waals surface area contributed by atoms with Crippen molar-refractivity contribution in [1.82, 2.24) is 5.32 Å². The number of benzene rings is 3. The van der Waals surface area contributed by atoms with Crippen molar-refractivity contribution < 1.29 is 14.7 Å². The van der Waals surface area contributed by atoms with E-state index in [9.17, 15) is 4.79 Å². The van der Waals surface area contributed by atoms with Crippen molar-refractivity contribution in [3.8, 4) is 11.1 Å². The summed E-state index contributed by atoms with van der Waals surface area (Å²) in [7, 11) is 1.67. The van der Waals surface area contributed by atoms with Gasteiger partial charge in [-0.25, -0.2) is 0 Å². The minimum absolute atomic E-state index is 0.0347. The van der Waals surface area contributed by atoms with Crippen LogP contribution in [0.4, 0.5) is 0 Å². The lowest BCUT2D eigenvalue weighted by atomic mass is 9.85. The monoisotopic (exact) mass is 480 g/mol. The van der Waals surface area contributed by atoms with Crippen molar-refractivity contribution in [2.45, 2.75) is 50.8 Å². The van der Waals surface area contributed by atoms with Crippen LogP contribution in [0.5, 0.6) is 0 Å². The third-order valence-electron chi connectivity index (χ3n) is 5.29. The van der Waals surface area contributed by atoms with Gasteiger partial charge in [0.1, 0.15) is 0 Å². The lowest BCUT2D eigenvalue weighted by molar-refractivity contribution is -0.121. The first-order chi connectivity index (χ1) is 16.0. The Balaban J connectivity index is 0.000000732. The van der Waals surface area contributed by atoms with Crippen LogP contribution in [0.15, 0.2) is 71.8 Å². The Labute approximate surface area is 208 Å². The van der Waals surface area contributed by atoms with Crippen molar-refractivity contribution in [3.63, 3.8) is 0 Å². The van der Waals surface area contributed by atoms with Crippen LogP contribution in [0, 0.1) is 0 Å². The van der Waals surface area contributed by atoms with Crippen LogP contribution in [0.2, 0.25) is 0 Å². The Bertz CT molecular complexity index is 1130. The van der Waals surface area contributed by atoms with Gasteiger partial charge in [-0.15, -0.1) is 12.6 Å². The Hall–Kier alpha value is -3.25. The molecule has 0 aliphatic carbocycles. The maximum absolute atomic E-state index is 11.9. The Morgan fingerprint density at radius 1 is 1.03 bits per heavy atom. The fourth-order valence-corrected chi connectivity index (χ4v) is 3.87. The molecular formula is C28H36N2O3S. The number of aliphatic hydroxyl groups is 1. The average Bonchev–Trinajstić information content (AvgIpc) is 2.82. The molecule has 0 aliphatic heterocycles. The highest BCUT2D eigenvalue weighted by molar-refractivity contribution is 7.80. The molecule has 3 aromatic rings. The summed E-state index contributed by atoms with van der Waals surface area (Å²) in [6.45, 7) is 10.3. The first-order valence-corrected chi connectivity index (χ1v) is 11.5. The number of allylic oxidation sites excluding steroid dienone is 1. The molecule has 2 amide bonds. The molecule has 1 unspecified atom stereocenters. The first kappa shape index (κ1) is 28.8. The maximum Gasteiger partial charge on any atom is 0.227 e. The van der Waals surface area contributed by atoms with Gasteiger partial charge in [0.05, 0.1) is 12.2 Å². The summed E-state index contributed by atoms with van der Waals surface area (Å²) in [5.74, 6) is -0.121. The number of rotatable bonds is 3. The molecule has 182 valence electrons. The lowest BCUT2D eigenvalue weighted by Crippen LogP contribution is -2.23. The van der Waals surface area contributed by atoms with Crippen LogP contribution in [0.25, 0.3) is 21.9 Å². The molecule has 5 nitrogen and oxygen atoms in total. The number of hydrogen-bond donors (Lipinski definition) is 4. The fourth-order valence-electron chi connectivity index (χ4n) is 3.40. The number of aliphatic hydroxyl groups excluding tert-OH is 1. The molecule has 0 bridgehead atoms. The number of thiol groups is 1. The van der Waals surface area contributed by atoms with E-state index in [2.05, 4.69) is 93.0 Å². The van der Waals surface area contributed by atoms with Crippen LogP contribution in [-0.4, -0.2) is 24.5 Å². The standard InChI is InChI=1S/C24H27NOS.C3H6O.CH3NO/c1-15(23(26)25-5)16-6-7-18-13-19(9-8-17(18)12-16)20-10-11-22(27)21(14-20)24(2,3)4;1-2-3-4;2-1-3/h6-15,27H,1-5H3,(H,25,26);2-4H,1H3;1H,(H2,2,3)/b;3-2+;. The van der Waals surface area contributed by atoms with Gasteiger partial charge in [0.25, 0.3) is 0 Å². The number of nitrogens with one attached hydrogen (secondary N) is 1. The summed E-state index contributed by atoms with van der Waals surface area (Å²) in [5, 5.41) is 12.7. The van der Waals surface area contributed by atoms with E-state index in [0.29, 0.717) is 0 Å². The quantitative estimate of drug-likeness (QED) is 0.207. The SMILES string of the molecule is C/C=C/O.CNC(=O)C(C)c1ccc2cc(-c3ccc(S)c(C(C)(C)C)c3)ccc2c1.NC=O. The van der Waals surface area contributed by atoms with Crippen molar-refractivity contribution in [1.29, 1.82) is 0 Å². The first-order valence-electron chi connectivity index (χ1n) is 11.0. The number of fused-ring (bicyclic) bond motifs is 1. The third kappa shape index (κ3) is 7.96. The molecule has 0 saturated carbocycles. The summed E-state index contributed by atoms with van der Waals surface area (Å²) in [6, 6.07) is 19.2. The summed E-state index contributed by atoms with van der Waals surface area (Å²) >= 11 is 4.63. The van der Waals surface area contributed by atoms with E-state index in [4.69, 9.17) is 9.90 Å². The van der Waals surface area contributed by atoms with Gasteiger partial charge in [0.2, 0.25) is 12.3 Å². The Morgan fingerprint density at radius 3 is 2.06 bits per heavy atom. The van der Waals surface area contributed by atoms with Crippen molar-refractivity contribution in [2.75, 3.05) is 7.05 Å². The smallest absolute Gasteiger partial charge is 0.227 e. The number of likely N-dealkylation sites (N-methyl/N-ethyl adjacent to an activating group) is 1. The van der Waals surface area contributed by atoms with E-state index < -0.39 is 0 Å². The molecule has 0 radical (unpaired) electrons. The number of amides is 2. The zero-order valence-corrected chi connectivity index (χ0v) is 21.7. The van der Waals surface area contributed by atoms with E-state index in [0.717, 1.165) is 22.1 Å². The topological polar surface area (TPSA) is 92.4 Å². The van der Waals surface area contributed by atoms with Crippen molar-refractivity contribution in [2.24, 2.45) is 5.73 Å². The van der Waals surface area contributed by atoms with Gasteiger partial charge in [-0.1, -0.05) is 63.2 Å². The number of carbonyl (C=O) groups is 2. The van der Waals surface area contributed by atoms with Crippen molar-refractivity contribution >= 4 is 35.7 Å². The average molecular weight is 481 g/mol. The number of primary amides is 1. The third-order valence-corrected chi connectivity index (χ3v) is 5.68. The normalized spacial score (nSPS) is 11.6. The molecule has 1 atom stereocenters. The second-order valence-electron chi connectivity index (χ2n) is 8.76. The molecule has 0 aromatic heterocycles. The molecule has 0 aliphatic rings. The second-order valence-corrected chi connectivity index (χ2v) is 9.24. The number of nitrogens with two attached hydrogens (primary N) is 1. The molecule has 6 heteroatoms. The largest absolute Gasteiger partial charge is 0.516 e. The molecule has 3 aromatic carbocycles. The molecule has 0 saturated heterocycles. The van der Waals surface area contributed by atoms with Crippen LogP contribution in [0.1, 0.15) is 51.7 Å². The van der Waals surface area contributed by atoms with Gasteiger partial charge < -0.3 is 16.2 Å². The number of carbonyl (C=O) groups excluding carboxylic acids is 2. The number of hydrogen-bond acceptors (Lipinski definition) is 4. The van der Waals surface area contributed by atoms with Gasteiger partial charge in [-0.2, -0.15) is 0 Å². The van der Waals surface area contributed by atoms with Gasteiger partial charge >= 0.3 is 0 Å². The van der Waals surface area contributed by atoms with Gasteiger partial charge in [0.15, 0.2) is 0 Å². The summed E-state index contributed by atoms with van der Waals surface area (Å²) < 4.78 is 0. The van der Waals surface area contributed by atoms with E-state index in [-0.39, 0.29) is 23.7 Å². The molecule has 0 heterocycles. The minimum atomic E-state index is -0.156.